The van der Waals surface area contributed by atoms with Crippen molar-refractivity contribution >= 4 is 22.7 Å². The molecule has 1 fully saturated rings. The Kier molecular flexibility index (Phi) is 5.70. The summed E-state index contributed by atoms with van der Waals surface area (Å²) in [5, 5.41) is 1.23. The van der Waals surface area contributed by atoms with Crippen LogP contribution in [-0.2, 0) is 6.42 Å². The van der Waals surface area contributed by atoms with E-state index in [4.69, 9.17) is 4.74 Å². The minimum absolute atomic E-state index is 0.190. The molecule has 2 aliphatic heterocycles. The van der Waals surface area contributed by atoms with E-state index in [0.29, 0.717) is 30.3 Å². The molecular weight excluding hydrogens is 402 g/mol. The summed E-state index contributed by atoms with van der Waals surface area (Å²) in [7, 11) is 2.21. The van der Waals surface area contributed by atoms with Crippen LogP contribution in [0.15, 0.2) is 48.7 Å². The van der Waals surface area contributed by atoms with E-state index < -0.39 is 0 Å². The summed E-state index contributed by atoms with van der Waals surface area (Å²) in [6.45, 7) is 2.16. The molecule has 0 spiro atoms. The smallest absolute Gasteiger partial charge is 0.261 e. The Bertz CT molecular complexity index is 1120. The van der Waals surface area contributed by atoms with Crippen molar-refractivity contribution in [3.05, 3.63) is 65.4 Å². The van der Waals surface area contributed by atoms with Gasteiger partial charge in [-0.1, -0.05) is 12.1 Å². The number of rotatable bonds is 8. The molecule has 0 radical (unpaired) electrons. The largest absolute Gasteiger partial charge is 0.494 e. The fourth-order valence-corrected chi connectivity index (χ4v) is 4.91. The highest BCUT2D eigenvalue weighted by Crippen LogP contribution is 2.28. The van der Waals surface area contributed by atoms with Crippen LogP contribution in [0, 0.1) is 0 Å². The highest BCUT2D eigenvalue weighted by atomic mass is 16.5. The SMILES string of the molecule is CN1CCCC1Cc1c[nH]c2ccc(OCCCCN3C(=O)c4ccccc4C3=O)cc12. The molecule has 1 unspecified atom stereocenters. The van der Waals surface area contributed by atoms with Gasteiger partial charge >= 0.3 is 0 Å². The summed E-state index contributed by atoms with van der Waals surface area (Å²) < 4.78 is 6.00. The summed E-state index contributed by atoms with van der Waals surface area (Å²) in [4.78, 5) is 32.1. The molecule has 6 nitrogen and oxygen atoms in total. The topological polar surface area (TPSA) is 65.6 Å². The predicted octanol–water partition coefficient (Wildman–Crippen LogP) is 4.26. The molecule has 2 aromatic carbocycles. The first-order valence-corrected chi connectivity index (χ1v) is 11.5. The van der Waals surface area contributed by atoms with E-state index in [1.165, 1.54) is 35.2 Å². The Balaban J connectivity index is 1.14. The van der Waals surface area contributed by atoms with Crippen LogP contribution < -0.4 is 4.74 Å². The van der Waals surface area contributed by atoms with E-state index >= 15 is 0 Å². The minimum Gasteiger partial charge on any atom is -0.494 e. The molecule has 6 heteroatoms. The van der Waals surface area contributed by atoms with E-state index in [2.05, 4.69) is 35.3 Å². The van der Waals surface area contributed by atoms with Crippen LogP contribution in [0.25, 0.3) is 10.9 Å². The van der Waals surface area contributed by atoms with Crippen LogP contribution in [0.5, 0.6) is 5.75 Å². The van der Waals surface area contributed by atoms with Crippen LogP contribution in [0.4, 0.5) is 0 Å². The van der Waals surface area contributed by atoms with Gasteiger partial charge < -0.3 is 14.6 Å². The van der Waals surface area contributed by atoms with Gasteiger partial charge in [0.1, 0.15) is 5.75 Å². The molecule has 32 heavy (non-hydrogen) atoms. The van der Waals surface area contributed by atoms with E-state index in [-0.39, 0.29) is 11.8 Å². The van der Waals surface area contributed by atoms with E-state index in [9.17, 15) is 9.59 Å². The maximum atomic E-state index is 12.4. The van der Waals surface area contributed by atoms with Gasteiger partial charge in [-0.3, -0.25) is 14.5 Å². The van der Waals surface area contributed by atoms with Gasteiger partial charge in [0.15, 0.2) is 0 Å². The number of H-pyrrole nitrogens is 1. The lowest BCUT2D eigenvalue weighted by Gasteiger charge is -2.18. The zero-order valence-electron chi connectivity index (χ0n) is 18.5. The lowest BCUT2D eigenvalue weighted by molar-refractivity contribution is 0.0649. The summed E-state index contributed by atoms with van der Waals surface area (Å²) in [5.41, 5.74) is 3.50. The molecule has 1 aromatic heterocycles. The zero-order valence-corrected chi connectivity index (χ0v) is 18.5. The number of aromatic amines is 1. The van der Waals surface area contributed by atoms with Gasteiger partial charge in [0.05, 0.1) is 17.7 Å². The van der Waals surface area contributed by atoms with E-state index in [1.807, 2.05) is 6.07 Å². The Morgan fingerprint density at radius 2 is 1.84 bits per heavy atom. The number of aromatic nitrogens is 1. The standard InChI is InChI=1S/C26H29N3O3/c1-28-12-6-7-19(28)15-18-17-27-24-11-10-20(16-23(18)24)32-14-5-4-13-29-25(30)21-8-2-3-9-22(21)26(29)31/h2-3,8-11,16-17,19,27H,4-7,12-15H2,1H3. The Morgan fingerprint density at radius 3 is 2.56 bits per heavy atom. The van der Waals surface area contributed by atoms with Crippen molar-refractivity contribution in [2.75, 3.05) is 26.7 Å². The predicted molar refractivity (Wildman–Crippen MR) is 124 cm³/mol. The number of likely N-dealkylation sites (tertiary alicyclic amines) is 1. The molecule has 1 atom stereocenters. The van der Waals surface area contributed by atoms with Gasteiger partial charge in [-0.15, -0.1) is 0 Å². The van der Waals surface area contributed by atoms with Gasteiger partial charge in [-0.05, 0) is 81.6 Å². The van der Waals surface area contributed by atoms with Crippen molar-refractivity contribution in [2.24, 2.45) is 0 Å². The molecule has 2 aliphatic rings. The summed E-state index contributed by atoms with van der Waals surface area (Å²) >= 11 is 0. The van der Waals surface area contributed by atoms with Crippen molar-refractivity contribution in [2.45, 2.75) is 38.1 Å². The number of unbranched alkanes of at least 4 members (excludes halogenated alkanes) is 1. The number of carbonyl (C=O) groups is 2. The molecule has 2 amide bonds. The number of amides is 2. The second-order valence-electron chi connectivity index (χ2n) is 8.87. The first-order chi connectivity index (χ1) is 15.6. The van der Waals surface area contributed by atoms with Crippen LogP contribution in [0.1, 0.15) is 52.0 Å². The molecule has 0 bridgehead atoms. The molecular formula is C26H29N3O3. The highest BCUT2D eigenvalue weighted by molar-refractivity contribution is 6.21. The van der Waals surface area contributed by atoms with Crippen molar-refractivity contribution in [3.8, 4) is 5.75 Å². The minimum atomic E-state index is -0.190. The fraction of sp³-hybridized carbons (Fsp3) is 0.385. The zero-order chi connectivity index (χ0) is 22.1. The Labute approximate surface area is 188 Å². The summed E-state index contributed by atoms with van der Waals surface area (Å²) in [5.74, 6) is 0.480. The van der Waals surface area contributed by atoms with Crippen LogP contribution >= 0.6 is 0 Å². The number of likely N-dealkylation sites (N-methyl/N-ethyl adjacent to an activating group) is 1. The molecule has 166 valence electrons. The van der Waals surface area contributed by atoms with Crippen molar-refractivity contribution in [1.82, 2.24) is 14.8 Å². The molecule has 1 N–H and O–H groups in total. The summed E-state index contributed by atoms with van der Waals surface area (Å²) in [6, 6.07) is 13.8. The molecule has 0 aliphatic carbocycles. The molecule has 3 aromatic rings. The maximum Gasteiger partial charge on any atom is 0.261 e. The number of ether oxygens (including phenoxy) is 1. The van der Waals surface area contributed by atoms with E-state index in [0.717, 1.165) is 30.5 Å². The first kappa shape index (κ1) is 20.8. The average molecular weight is 432 g/mol. The fourth-order valence-electron chi connectivity index (χ4n) is 4.91. The van der Waals surface area contributed by atoms with Gasteiger partial charge in [-0.25, -0.2) is 0 Å². The second-order valence-corrected chi connectivity index (χ2v) is 8.87. The number of imide groups is 1. The third kappa shape index (κ3) is 3.91. The third-order valence-electron chi connectivity index (χ3n) is 6.79. The monoisotopic (exact) mass is 431 g/mol. The lowest BCUT2D eigenvalue weighted by Crippen LogP contribution is -2.30. The van der Waals surface area contributed by atoms with Gasteiger partial charge in [0.2, 0.25) is 0 Å². The molecule has 5 rings (SSSR count). The molecule has 0 saturated carbocycles. The Hall–Kier alpha value is -3.12. The number of hydrogen-bond donors (Lipinski definition) is 1. The number of carbonyl (C=O) groups excluding carboxylic acids is 2. The number of fused-ring (bicyclic) bond motifs is 2. The van der Waals surface area contributed by atoms with Gasteiger partial charge in [0.25, 0.3) is 11.8 Å². The normalized spacial score (nSPS) is 18.7. The van der Waals surface area contributed by atoms with Crippen LogP contribution in [-0.4, -0.2) is 59.4 Å². The first-order valence-electron chi connectivity index (χ1n) is 11.5. The number of nitrogens with zero attached hydrogens (tertiary/aromatic N) is 2. The maximum absolute atomic E-state index is 12.4. The summed E-state index contributed by atoms with van der Waals surface area (Å²) in [6.07, 6.45) is 7.21. The van der Waals surface area contributed by atoms with Crippen molar-refractivity contribution in [3.63, 3.8) is 0 Å². The lowest BCUT2D eigenvalue weighted by atomic mass is 10.0. The van der Waals surface area contributed by atoms with Gasteiger partial charge in [-0.2, -0.15) is 0 Å². The number of hydrogen-bond acceptors (Lipinski definition) is 4. The molecule has 3 heterocycles. The van der Waals surface area contributed by atoms with Gasteiger partial charge in [0, 0.05) is 29.7 Å². The van der Waals surface area contributed by atoms with Crippen molar-refractivity contribution < 1.29 is 14.3 Å². The Morgan fingerprint density at radius 1 is 1.06 bits per heavy atom. The average Bonchev–Trinajstić information content (AvgIpc) is 3.47. The third-order valence-corrected chi connectivity index (χ3v) is 6.79. The quantitative estimate of drug-likeness (QED) is 0.428. The molecule has 1 saturated heterocycles. The van der Waals surface area contributed by atoms with Crippen molar-refractivity contribution in [1.29, 1.82) is 0 Å². The highest BCUT2D eigenvalue weighted by Gasteiger charge is 2.34. The van der Waals surface area contributed by atoms with Crippen LogP contribution in [0.2, 0.25) is 0 Å². The second kappa shape index (κ2) is 8.79. The van der Waals surface area contributed by atoms with Crippen LogP contribution in [0.3, 0.4) is 0 Å². The van der Waals surface area contributed by atoms with E-state index in [1.54, 1.807) is 24.3 Å². The number of benzene rings is 2. The number of nitrogens with one attached hydrogen (secondary N) is 1.